The Hall–Kier alpha value is -0.580. The van der Waals surface area contributed by atoms with E-state index in [9.17, 15) is 9.59 Å². The number of carbonyl (C=O) groups excluding carboxylic acids is 2. The van der Waals surface area contributed by atoms with E-state index in [4.69, 9.17) is 0 Å². The quantitative estimate of drug-likeness (QED) is 0.598. The summed E-state index contributed by atoms with van der Waals surface area (Å²) in [7, 11) is 0. The van der Waals surface area contributed by atoms with Crippen molar-refractivity contribution in [3.8, 4) is 0 Å². The van der Waals surface area contributed by atoms with Gasteiger partial charge in [0.1, 0.15) is 0 Å². The number of rotatable bonds is 6. The third-order valence-corrected chi connectivity index (χ3v) is 4.45. The number of unbranched alkanes of at least 4 members (excludes halogenated alkanes) is 1. The SMILES string of the molecule is O=C(CCCCBr)NC1CCN(C(=O)C2CC2)CC1. The van der Waals surface area contributed by atoms with Crippen LogP contribution < -0.4 is 5.32 Å². The molecule has 0 spiro atoms. The van der Waals surface area contributed by atoms with Gasteiger partial charge >= 0.3 is 0 Å². The summed E-state index contributed by atoms with van der Waals surface area (Å²) in [6, 6.07) is 0.264. The molecular formula is C14H23BrN2O2. The van der Waals surface area contributed by atoms with E-state index in [1.54, 1.807) is 0 Å². The second-order valence-electron chi connectivity index (χ2n) is 5.59. The van der Waals surface area contributed by atoms with E-state index in [1.807, 2.05) is 4.90 Å². The first-order valence-corrected chi connectivity index (χ1v) is 8.47. The molecule has 2 aliphatic rings. The topological polar surface area (TPSA) is 49.4 Å². The molecule has 1 aliphatic heterocycles. The summed E-state index contributed by atoms with van der Waals surface area (Å²) < 4.78 is 0. The van der Waals surface area contributed by atoms with Crippen molar-refractivity contribution < 1.29 is 9.59 Å². The minimum atomic E-state index is 0.160. The van der Waals surface area contributed by atoms with Crippen molar-refractivity contribution >= 4 is 27.7 Å². The molecule has 0 radical (unpaired) electrons. The zero-order valence-corrected chi connectivity index (χ0v) is 13.0. The Bertz CT molecular complexity index is 323. The fraction of sp³-hybridized carbons (Fsp3) is 0.857. The Morgan fingerprint density at radius 3 is 2.37 bits per heavy atom. The summed E-state index contributed by atoms with van der Waals surface area (Å²) in [6.45, 7) is 1.61. The molecule has 0 bridgehead atoms. The molecular weight excluding hydrogens is 308 g/mol. The molecule has 1 saturated carbocycles. The van der Waals surface area contributed by atoms with Crippen LogP contribution >= 0.6 is 15.9 Å². The first kappa shape index (κ1) is 14.8. The zero-order valence-electron chi connectivity index (χ0n) is 11.4. The molecule has 1 aliphatic carbocycles. The smallest absolute Gasteiger partial charge is 0.225 e. The van der Waals surface area contributed by atoms with Crippen molar-refractivity contribution in [1.82, 2.24) is 10.2 Å². The highest BCUT2D eigenvalue weighted by Crippen LogP contribution is 2.31. The van der Waals surface area contributed by atoms with E-state index in [0.29, 0.717) is 18.2 Å². The number of carbonyl (C=O) groups is 2. The van der Waals surface area contributed by atoms with Crippen molar-refractivity contribution in [2.45, 2.75) is 51.0 Å². The Labute approximate surface area is 123 Å². The van der Waals surface area contributed by atoms with Crippen LogP contribution in [0.4, 0.5) is 0 Å². The van der Waals surface area contributed by atoms with Gasteiger partial charge in [-0.2, -0.15) is 0 Å². The molecule has 0 aromatic heterocycles. The summed E-state index contributed by atoms with van der Waals surface area (Å²) in [5, 5.41) is 4.05. The summed E-state index contributed by atoms with van der Waals surface area (Å²) in [5.74, 6) is 0.811. The molecule has 1 heterocycles. The van der Waals surface area contributed by atoms with Crippen LogP contribution in [0.5, 0.6) is 0 Å². The molecule has 0 atom stereocenters. The number of halogens is 1. The first-order valence-electron chi connectivity index (χ1n) is 7.35. The molecule has 108 valence electrons. The van der Waals surface area contributed by atoms with Gasteiger partial charge in [-0.05, 0) is 38.5 Å². The van der Waals surface area contributed by atoms with Crippen LogP contribution in [0.25, 0.3) is 0 Å². The van der Waals surface area contributed by atoms with Gasteiger partial charge in [-0.25, -0.2) is 0 Å². The van der Waals surface area contributed by atoms with Crippen molar-refractivity contribution in [2.75, 3.05) is 18.4 Å². The summed E-state index contributed by atoms with van der Waals surface area (Å²) in [5.41, 5.74) is 0. The molecule has 19 heavy (non-hydrogen) atoms. The number of likely N-dealkylation sites (tertiary alicyclic amines) is 1. The molecule has 4 nitrogen and oxygen atoms in total. The maximum Gasteiger partial charge on any atom is 0.225 e. The standard InChI is InChI=1S/C14H23BrN2O2/c15-8-2-1-3-13(18)16-12-6-9-17(10-7-12)14(19)11-4-5-11/h11-12H,1-10H2,(H,16,18). The van der Waals surface area contributed by atoms with Gasteiger partial charge < -0.3 is 10.2 Å². The Morgan fingerprint density at radius 2 is 1.79 bits per heavy atom. The van der Waals surface area contributed by atoms with Crippen molar-refractivity contribution in [2.24, 2.45) is 5.92 Å². The minimum Gasteiger partial charge on any atom is -0.353 e. The molecule has 0 aromatic rings. The molecule has 1 N–H and O–H groups in total. The lowest BCUT2D eigenvalue weighted by molar-refractivity contribution is -0.133. The zero-order chi connectivity index (χ0) is 13.7. The second kappa shape index (κ2) is 7.27. The molecule has 0 aromatic carbocycles. The third kappa shape index (κ3) is 4.79. The highest BCUT2D eigenvalue weighted by molar-refractivity contribution is 9.09. The van der Waals surface area contributed by atoms with Gasteiger partial charge in [0.2, 0.25) is 11.8 Å². The number of piperidine rings is 1. The molecule has 2 fully saturated rings. The third-order valence-electron chi connectivity index (χ3n) is 3.89. The number of hydrogen-bond donors (Lipinski definition) is 1. The van der Waals surface area contributed by atoms with Crippen LogP contribution in [0, 0.1) is 5.92 Å². The van der Waals surface area contributed by atoms with E-state index < -0.39 is 0 Å². The van der Waals surface area contributed by atoms with Crippen LogP contribution in [0.15, 0.2) is 0 Å². The molecule has 2 amide bonds. The fourth-order valence-corrected chi connectivity index (χ4v) is 2.91. The fourth-order valence-electron chi connectivity index (χ4n) is 2.51. The number of hydrogen-bond acceptors (Lipinski definition) is 2. The highest BCUT2D eigenvalue weighted by Gasteiger charge is 2.34. The number of nitrogens with one attached hydrogen (secondary N) is 1. The second-order valence-corrected chi connectivity index (χ2v) is 6.38. The van der Waals surface area contributed by atoms with Gasteiger partial charge in [-0.15, -0.1) is 0 Å². The Kier molecular flexibility index (Phi) is 5.67. The highest BCUT2D eigenvalue weighted by atomic mass is 79.9. The van der Waals surface area contributed by atoms with Crippen molar-refractivity contribution in [3.63, 3.8) is 0 Å². The molecule has 5 heteroatoms. The van der Waals surface area contributed by atoms with E-state index in [-0.39, 0.29) is 11.9 Å². The maximum absolute atomic E-state index is 11.9. The predicted octanol–water partition coefficient (Wildman–Crippen LogP) is 2.07. The van der Waals surface area contributed by atoms with Gasteiger partial charge in [0.05, 0.1) is 0 Å². The molecule has 2 rings (SSSR count). The predicted molar refractivity (Wildman–Crippen MR) is 78.1 cm³/mol. The lowest BCUT2D eigenvalue weighted by Crippen LogP contribution is -2.46. The van der Waals surface area contributed by atoms with E-state index in [0.717, 1.165) is 56.9 Å². The molecule has 1 saturated heterocycles. The Morgan fingerprint density at radius 1 is 1.11 bits per heavy atom. The van der Waals surface area contributed by atoms with E-state index in [2.05, 4.69) is 21.2 Å². The largest absolute Gasteiger partial charge is 0.353 e. The summed E-state index contributed by atoms with van der Waals surface area (Å²) in [4.78, 5) is 25.6. The van der Waals surface area contributed by atoms with Gasteiger partial charge in [-0.1, -0.05) is 15.9 Å². The van der Waals surface area contributed by atoms with Gasteiger partial charge in [0.25, 0.3) is 0 Å². The number of alkyl halides is 1. The van der Waals surface area contributed by atoms with Crippen LogP contribution in [-0.2, 0) is 9.59 Å². The minimum absolute atomic E-state index is 0.160. The van der Waals surface area contributed by atoms with Gasteiger partial charge in [0.15, 0.2) is 0 Å². The summed E-state index contributed by atoms with van der Waals surface area (Å²) in [6.07, 6.45) is 6.56. The van der Waals surface area contributed by atoms with Crippen molar-refractivity contribution in [3.05, 3.63) is 0 Å². The first-order chi connectivity index (χ1) is 9.20. The average Bonchev–Trinajstić information content (AvgIpc) is 3.23. The maximum atomic E-state index is 11.9. The summed E-state index contributed by atoms with van der Waals surface area (Å²) >= 11 is 3.37. The van der Waals surface area contributed by atoms with Crippen LogP contribution in [0.1, 0.15) is 44.9 Å². The van der Waals surface area contributed by atoms with Crippen molar-refractivity contribution in [1.29, 1.82) is 0 Å². The lowest BCUT2D eigenvalue weighted by Gasteiger charge is -2.32. The van der Waals surface area contributed by atoms with E-state index in [1.165, 1.54) is 0 Å². The molecule has 0 unspecified atom stereocenters. The Balaban J connectivity index is 1.62. The normalized spacial score (nSPS) is 20.4. The van der Waals surface area contributed by atoms with Crippen LogP contribution in [0.2, 0.25) is 0 Å². The average molecular weight is 331 g/mol. The number of amides is 2. The van der Waals surface area contributed by atoms with E-state index >= 15 is 0 Å². The monoisotopic (exact) mass is 330 g/mol. The number of nitrogens with zero attached hydrogens (tertiary/aromatic N) is 1. The van der Waals surface area contributed by atoms with Crippen LogP contribution in [-0.4, -0.2) is 41.2 Å². The lowest BCUT2D eigenvalue weighted by atomic mass is 10.0. The van der Waals surface area contributed by atoms with Crippen LogP contribution in [0.3, 0.4) is 0 Å². The van der Waals surface area contributed by atoms with Gasteiger partial charge in [-0.3, -0.25) is 9.59 Å². The van der Waals surface area contributed by atoms with Gasteiger partial charge in [0, 0.05) is 36.8 Å².